The summed E-state index contributed by atoms with van der Waals surface area (Å²) in [4.78, 5) is 21.9. The van der Waals surface area contributed by atoms with Gasteiger partial charge in [0, 0.05) is 0 Å². The van der Waals surface area contributed by atoms with Crippen LogP contribution >= 0.6 is 23.4 Å². The number of carbonyl (C=O) groups excluding carboxylic acids is 1. The van der Waals surface area contributed by atoms with Crippen molar-refractivity contribution in [2.45, 2.75) is 18.5 Å². The third-order valence-corrected chi connectivity index (χ3v) is 2.69. The van der Waals surface area contributed by atoms with E-state index in [4.69, 9.17) is 22.4 Å². The zero-order valence-corrected chi connectivity index (χ0v) is 9.98. The van der Waals surface area contributed by atoms with Gasteiger partial charge in [0.1, 0.15) is 6.04 Å². The molecule has 2 atom stereocenters. The predicted octanol–water partition coefficient (Wildman–Crippen LogP) is -0.125. The van der Waals surface area contributed by atoms with Gasteiger partial charge in [0.2, 0.25) is 5.91 Å². The molecule has 0 aromatic heterocycles. The number of nitrogens with one attached hydrogen (secondary N) is 1. The first-order valence-electron chi connectivity index (χ1n) is 4.36. The number of alkyl halides is 1. The minimum absolute atomic E-state index is 0.170. The lowest BCUT2D eigenvalue weighted by atomic mass is 10.2. The Hall–Kier alpha value is -0.460. The molecule has 0 bridgehead atoms. The van der Waals surface area contributed by atoms with Crippen LogP contribution in [0.15, 0.2) is 0 Å². The van der Waals surface area contributed by atoms with Crippen molar-refractivity contribution >= 4 is 35.2 Å². The Kier molecular flexibility index (Phi) is 7.54. The van der Waals surface area contributed by atoms with Crippen LogP contribution in [0.2, 0.25) is 0 Å². The van der Waals surface area contributed by atoms with Crippen molar-refractivity contribution in [3.8, 4) is 0 Å². The number of aliphatic carboxylic acids is 1. The van der Waals surface area contributed by atoms with Gasteiger partial charge in [-0.3, -0.25) is 4.79 Å². The molecule has 4 N–H and O–H groups in total. The third kappa shape index (κ3) is 5.86. The molecule has 0 fully saturated rings. The Morgan fingerprint density at radius 1 is 1.60 bits per heavy atom. The van der Waals surface area contributed by atoms with E-state index in [1.54, 1.807) is 11.8 Å². The molecule has 0 aliphatic carbocycles. The summed E-state index contributed by atoms with van der Waals surface area (Å²) < 4.78 is 0. The summed E-state index contributed by atoms with van der Waals surface area (Å²) in [7, 11) is 0. The van der Waals surface area contributed by atoms with Gasteiger partial charge in [-0.15, -0.1) is 11.6 Å². The standard InChI is InChI=1S/C8H15ClN2O3S/c1-15-3-2-5(10)7(12)11-6(4-9)8(13)14/h5-6H,2-4,10H2,1H3,(H,11,12)(H,13,14)/t5-,6-/m0/s1. The van der Waals surface area contributed by atoms with Crippen LogP contribution in [-0.4, -0.2) is 47.0 Å². The number of rotatable bonds is 7. The van der Waals surface area contributed by atoms with Gasteiger partial charge in [0.25, 0.3) is 0 Å². The van der Waals surface area contributed by atoms with Crippen LogP contribution in [0.3, 0.4) is 0 Å². The molecule has 88 valence electrons. The molecule has 0 heterocycles. The molecule has 1 amide bonds. The van der Waals surface area contributed by atoms with E-state index in [9.17, 15) is 9.59 Å². The topological polar surface area (TPSA) is 92.4 Å². The average molecular weight is 255 g/mol. The van der Waals surface area contributed by atoms with Gasteiger partial charge in [0.15, 0.2) is 0 Å². The van der Waals surface area contributed by atoms with Crippen LogP contribution in [0.5, 0.6) is 0 Å². The van der Waals surface area contributed by atoms with Gasteiger partial charge in [-0.25, -0.2) is 4.79 Å². The van der Waals surface area contributed by atoms with Crippen LogP contribution in [-0.2, 0) is 9.59 Å². The second-order valence-electron chi connectivity index (χ2n) is 2.94. The van der Waals surface area contributed by atoms with Crippen LogP contribution < -0.4 is 11.1 Å². The first kappa shape index (κ1) is 14.5. The normalized spacial score (nSPS) is 14.3. The summed E-state index contributed by atoms with van der Waals surface area (Å²) in [5.41, 5.74) is 5.55. The quantitative estimate of drug-likeness (QED) is 0.551. The lowest BCUT2D eigenvalue weighted by Crippen LogP contribution is -2.49. The van der Waals surface area contributed by atoms with Crippen molar-refractivity contribution in [3.05, 3.63) is 0 Å². The maximum atomic E-state index is 11.4. The second-order valence-corrected chi connectivity index (χ2v) is 4.24. The summed E-state index contributed by atoms with van der Waals surface area (Å²) in [5.74, 6) is -1.05. The highest BCUT2D eigenvalue weighted by Crippen LogP contribution is 1.99. The van der Waals surface area contributed by atoms with E-state index in [0.29, 0.717) is 6.42 Å². The molecule has 5 nitrogen and oxygen atoms in total. The Balaban J connectivity index is 4.04. The summed E-state index contributed by atoms with van der Waals surface area (Å²) in [6.07, 6.45) is 2.42. The van der Waals surface area contributed by atoms with E-state index >= 15 is 0 Å². The molecule has 0 saturated heterocycles. The van der Waals surface area contributed by atoms with E-state index in [1.165, 1.54) is 0 Å². The molecule has 15 heavy (non-hydrogen) atoms. The molecule has 0 rings (SSSR count). The predicted molar refractivity (Wildman–Crippen MR) is 61.3 cm³/mol. The minimum atomic E-state index is -1.16. The fraction of sp³-hybridized carbons (Fsp3) is 0.750. The minimum Gasteiger partial charge on any atom is -0.480 e. The van der Waals surface area contributed by atoms with Crippen molar-refractivity contribution < 1.29 is 14.7 Å². The molecule has 0 radical (unpaired) electrons. The van der Waals surface area contributed by atoms with Crippen LogP contribution in [0.1, 0.15) is 6.42 Å². The highest BCUT2D eigenvalue weighted by atomic mass is 35.5. The largest absolute Gasteiger partial charge is 0.480 e. The Bertz CT molecular complexity index is 228. The summed E-state index contributed by atoms with van der Waals surface area (Å²) in [6.45, 7) is 0. The molecule has 0 unspecified atom stereocenters. The number of carbonyl (C=O) groups is 2. The fourth-order valence-corrected chi connectivity index (χ4v) is 1.52. The van der Waals surface area contributed by atoms with Crippen LogP contribution in [0.4, 0.5) is 0 Å². The van der Waals surface area contributed by atoms with E-state index in [-0.39, 0.29) is 5.88 Å². The van der Waals surface area contributed by atoms with E-state index < -0.39 is 24.0 Å². The van der Waals surface area contributed by atoms with Crippen molar-refractivity contribution in [3.63, 3.8) is 0 Å². The van der Waals surface area contributed by atoms with Crippen molar-refractivity contribution in [1.82, 2.24) is 5.32 Å². The van der Waals surface area contributed by atoms with Gasteiger partial charge >= 0.3 is 5.97 Å². The van der Waals surface area contributed by atoms with E-state index in [1.807, 2.05) is 6.26 Å². The summed E-state index contributed by atoms with van der Waals surface area (Å²) >= 11 is 6.95. The van der Waals surface area contributed by atoms with Gasteiger partial charge in [-0.1, -0.05) is 0 Å². The lowest BCUT2D eigenvalue weighted by molar-refractivity contribution is -0.141. The summed E-state index contributed by atoms with van der Waals surface area (Å²) in [5, 5.41) is 10.9. The molecule has 0 spiro atoms. The smallest absolute Gasteiger partial charge is 0.327 e. The number of hydrogen-bond donors (Lipinski definition) is 3. The Labute approximate surface area is 97.7 Å². The highest BCUT2D eigenvalue weighted by Gasteiger charge is 2.21. The number of carboxylic acids is 1. The SMILES string of the molecule is CSCC[C@H](N)C(=O)N[C@@H](CCl)C(=O)O. The van der Waals surface area contributed by atoms with Crippen molar-refractivity contribution in [2.75, 3.05) is 17.9 Å². The average Bonchev–Trinajstić information content (AvgIpc) is 2.21. The monoisotopic (exact) mass is 254 g/mol. The molecule has 0 aliphatic rings. The van der Waals surface area contributed by atoms with Gasteiger partial charge in [-0.2, -0.15) is 11.8 Å². The maximum absolute atomic E-state index is 11.4. The lowest BCUT2D eigenvalue weighted by Gasteiger charge is -2.15. The molecule has 0 aromatic rings. The van der Waals surface area contributed by atoms with Gasteiger partial charge in [0.05, 0.1) is 11.9 Å². The Morgan fingerprint density at radius 3 is 2.60 bits per heavy atom. The number of nitrogens with two attached hydrogens (primary N) is 1. The number of hydrogen-bond acceptors (Lipinski definition) is 4. The fourth-order valence-electron chi connectivity index (χ4n) is 0.821. The van der Waals surface area contributed by atoms with Gasteiger partial charge < -0.3 is 16.2 Å². The first-order valence-corrected chi connectivity index (χ1v) is 6.29. The molecular weight excluding hydrogens is 240 g/mol. The van der Waals surface area contributed by atoms with E-state index in [2.05, 4.69) is 5.32 Å². The van der Waals surface area contributed by atoms with Crippen LogP contribution in [0.25, 0.3) is 0 Å². The second kappa shape index (κ2) is 7.78. The molecular formula is C8H15ClN2O3S. The molecule has 0 aliphatic heterocycles. The molecule has 7 heteroatoms. The highest BCUT2D eigenvalue weighted by molar-refractivity contribution is 7.98. The maximum Gasteiger partial charge on any atom is 0.327 e. The Morgan fingerprint density at radius 2 is 2.20 bits per heavy atom. The van der Waals surface area contributed by atoms with Crippen LogP contribution in [0, 0.1) is 0 Å². The zero-order valence-electron chi connectivity index (χ0n) is 8.40. The number of carboxylic acid groups (broad SMARTS) is 1. The first-order chi connectivity index (χ1) is 7.02. The number of halogens is 1. The van der Waals surface area contributed by atoms with Crippen molar-refractivity contribution in [2.24, 2.45) is 5.73 Å². The number of amides is 1. The third-order valence-electron chi connectivity index (χ3n) is 1.74. The molecule has 0 aromatic carbocycles. The van der Waals surface area contributed by atoms with E-state index in [0.717, 1.165) is 5.75 Å². The summed E-state index contributed by atoms with van der Waals surface area (Å²) in [6, 6.07) is -1.75. The van der Waals surface area contributed by atoms with Crippen molar-refractivity contribution in [1.29, 1.82) is 0 Å². The molecule has 0 saturated carbocycles. The zero-order chi connectivity index (χ0) is 11.8. The number of thioether (sulfide) groups is 1. The van der Waals surface area contributed by atoms with Gasteiger partial charge in [-0.05, 0) is 18.4 Å².